The highest BCUT2D eigenvalue weighted by molar-refractivity contribution is 6.11. The van der Waals surface area contributed by atoms with Crippen molar-refractivity contribution >= 4 is 60.8 Å². The summed E-state index contributed by atoms with van der Waals surface area (Å²) in [5, 5.41) is 4.71. The lowest BCUT2D eigenvalue weighted by Crippen LogP contribution is -2.16. The van der Waals surface area contributed by atoms with Crippen LogP contribution >= 0.6 is 0 Å². The topological polar surface area (TPSA) is 21.3 Å². The number of rotatable bonds is 5. The molecule has 2 heterocycles. The zero-order chi connectivity index (χ0) is 36.0. The normalized spacial score (nSPS) is 13.1. The lowest BCUT2D eigenvalue weighted by molar-refractivity contribution is 0.660. The average molecular weight is 693 g/mol. The van der Waals surface area contributed by atoms with E-state index < -0.39 is 0 Å². The van der Waals surface area contributed by atoms with Crippen LogP contribution in [0.1, 0.15) is 25.0 Å². The van der Waals surface area contributed by atoms with Gasteiger partial charge in [-0.15, -0.1) is 0 Å². The van der Waals surface area contributed by atoms with Crippen LogP contribution in [0.15, 0.2) is 186 Å². The molecule has 0 unspecified atom stereocenters. The molecule has 0 aliphatic heterocycles. The highest BCUT2D eigenvalue weighted by Crippen LogP contribution is 2.51. The van der Waals surface area contributed by atoms with Gasteiger partial charge in [-0.2, -0.15) is 0 Å². The Morgan fingerprint density at radius 2 is 1.09 bits per heavy atom. The molecule has 0 fully saturated rings. The minimum atomic E-state index is -0.132. The number of fused-ring (bicyclic) bond motifs is 9. The van der Waals surface area contributed by atoms with Crippen molar-refractivity contribution < 1.29 is 4.42 Å². The SMILES string of the molecule is CC1(C)c2ccccc2-c2ccc(N(c3ccc4c(c3)c3ccccc3n4-c3ccccc3)c3ccccc3-c3ccc4c(c3)oc3ccccc34)cc21. The summed E-state index contributed by atoms with van der Waals surface area (Å²) < 4.78 is 8.78. The number of hydrogen-bond donors (Lipinski definition) is 0. The molecule has 256 valence electrons. The first-order chi connectivity index (χ1) is 26.5. The molecule has 1 aliphatic rings. The summed E-state index contributed by atoms with van der Waals surface area (Å²) in [6, 6.07) is 66.0. The molecule has 1 aliphatic carbocycles. The van der Waals surface area contributed by atoms with Gasteiger partial charge < -0.3 is 13.9 Å². The fourth-order valence-electron chi connectivity index (χ4n) is 9.02. The summed E-state index contributed by atoms with van der Waals surface area (Å²) in [5.74, 6) is 0. The quantitative estimate of drug-likeness (QED) is 0.179. The zero-order valence-electron chi connectivity index (χ0n) is 30.1. The van der Waals surface area contributed by atoms with Crippen LogP contribution in [0.3, 0.4) is 0 Å². The third-order valence-electron chi connectivity index (χ3n) is 11.6. The summed E-state index contributed by atoms with van der Waals surface area (Å²) in [5.41, 5.74) is 16.1. The predicted molar refractivity (Wildman–Crippen MR) is 226 cm³/mol. The van der Waals surface area contributed by atoms with Crippen molar-refractivity contribution in [2.45, 2.75) is 19.3 Å². The van der Waals surface area contributed by atoms with Crippen LogP contribution in [0.5, 0.6) is 0 Å². The first-order valence-electron chi connectivity index (χ1n) is 18.7. The van der Waals surface area contributed by atoms with Crippen molar-refractivity contribution in [3.63, 3.8) is 0 Å². The average Bonchev–Trinajstić information content (AvgIpc) is 3.83. The lowest BCUT2D eigenvalue weighted by atomic mass is 9.82. The molecule has 0 radical (unpaired) electrons. The molecule has 8 aromatic carbocycles. The van der Waals surface area contributed by atoms with Crippen molar-refractivity contribution in [1.82, 2.24) is 4.57 Å². The van der Waals surface area contributed by atoms with E-state index in [2.05, 4.69) is 193 Å². The first kappa shape index (κ1) is 30.8. The maximum atomic E-state index is 6.40. The van der Waals surface area contributed by atoms with Gasteiger partial charge in [0.15, 0.2) is 0 Å². The number of nitrogens with zero attached hydrogens (tertiary/aromatic N) is 2. The number of hydrogen-bond acceptors (Lipinski definition) is 2. The van der Waals surface area contributed by atoms with Gasteiger partial charge in [0.2, 0.25) is 0 Å². The molecule has 10 aromatic rings. The van der Waals surface area contributed by atoms with E-state index in [0.717, 1.165) is 55.8 Å². The molecule has 0 saturated heterocycles. The van der Waals surface area contributed by atoms with Gasteiger partial charge in [-0.25, -0.2) is 0 Å². The van der Waals surface area contributed by atoms with Gasteiger partial charge in [-0.05, 0) is 101 Å². The van der Waals surface area contributed by atoms with Crippen LogP contribution in [0.2, 0.25) is 0 Å². The van der Waals surface area contributed by atoms with Crippen molar-refractivity contribution in [2.24, 2.45) is 0 Å². The number of para-hydroxylation sites is 4. The summed E-state index contributed by atoms with van der Waals surface area (Å²) in [6.07, 6.45) is 0. The Balaban J connectivity index is 1.16. The number of aromatic nitrogens is 1. The fraction of sp³-hybridized carbons (Fsp3) is 0.0588. The second-order valence-electron chi connectivity index (χ2n) is 15.0. The van der Waals surface area contributed by atoms with Gasteiger partial charge in [0.05, 0.1) is 16.7 Å². The molecule has 0 N–H and O–H groups in total. The molecular weight excluding hydrogens is 657 g/mol. The van der Waals surface area contributed by atoms with Gasteiger partial charge in [0.1, 0.15) is 11.2 Å². The van der Waals surface area contributed by atoms with Gasteiger partial charge in [0, 0.05) is 49.6 Å². The van der Waals surface area contributed by atoms with E-state index >= 15 is 0 Å². The van der Waals surface area contributed by atoms with E-state index in [1.54, 1.807) is 0 Å². The van der Waals surface area contributed by atoms with Crippen LogP contribution in [-0.4, -0.2) is 4.57 Å². The van der Waals surface area contributed by atoms with E-state index in [0.29, 0.717) is 0 Å². The predicted octanol–water partition coefficient (Wildman–Crippen LogP) is 14.1. The molecule has 11 rings (SSSR count). The number of benzene rings is 8. The van der Waals surface area contributed by atoms with Gasteiger partial charge in [-0.1, -0.05) is 123 Å². The zero-order valence-corrected chi connectivity index (χ0v) is 30.1. The molecule has 0 saturated carbocycles. The highest BCUT2D eigenvalue weighted by atomic mass is 16.3. The Morgan fingerprint density at radius 3 is 1.98 bits per heavy atom. The second-order valence-corrected chi connectivity index (χ2v) is 15.0. The Morgan fingerprint density at radius 1 is 0.444 bits per heavy atom. The second kappa shape index (κ2) is 11.6. The molecule has 3 nitrogen and oxygen atoms in total. The van der Waals surface area contributed by atoms with Crippen molar-refractivity contribution in [1.29, 1.82) is 0 Å². The molecular formula is C51H36N2O. The molecule has 3 heteroatoms. The maximum Gasteiger partial charge on any atom is 0.136 e. The van der Waals surface area contributed by atoms with Crippen molar-refractivity contribution in [3.8, 4) is 27.9 Å². The molecule has 0 amide bonds. The van der Waals surface area contributed by atoms with Gasteiger partial charge in [-0.3, -0.25) is 0 Å². The Hall–Kier alpha value is -6.84. The number of anilines is 3. The fourth-order valence-corrected chi connectivity index (χ4v) is 9.02. The Bertz CT molecular complexity index is 3090. The summed E-state index contributed by atoms with van der Waals surface area (Å²) >= 11 is 0. The smallest absolute Gasteiger partial charge is 0.136 e. The van der Waals surface area contributed by atoms with E-state index in [9.17, 15) is 0 Å². The molecule has 54 heavy (non-hydrogen) atoms. The lowest BCUT2D eigenvalue weighted by Gasteiger charge is -2.30. The minimum Gasteiger partial charge on any atom is -0.456 e. The maximum absolute atomic E-state index is 6.40. The minimum absolute atomic E-state index is 0.132. The summed E-state index contributed by atoms with van der Waals surface area (Å²) in [6.45, 7) is 4.71. The van der Waals surface area contributed by atoms with E-state index in [1.807, 2.05) is 12.1 Å². The Kier molecular flexibility index (Phi) is 6.60. The summed E-state index contributed by atoms with van der Waals surface area (Å²) in [4.78, 5) is 2.45. The van der Waals surface area contributed by atoms with E-state index in [1.165, 1.54) is 44.1 Å². The molecule has 2 aromatic heterocycles. The monoisotopic (exact) mass is 692 g/mol. The van der Waals surface area contributed by atoms with Gasteiger partial charge in [0.25, 0.3) is 0 Å². The Labute approximate surface area is 314 Å². The van der Waals surface area contributed by atoms with Crippen LogP contribution in [0.25, 0.3) is 71.7 Å². The molecule has 0 bridgehead atoms. The number of furan rings is 1. The van der Waals surface area contributed by atoms with Crippen LogP contribution in [0, 0.1) is 0 Å². The first-order valence-corrected chi connectivity index (χ1v) is 18.7. The summed E-state index contributed by atoms with van der Waals surface area (Å²) in [7, 11) is 0. The van der Waals surface area contributed by atoms with Crippen molar-refractivity contribution in [3.05, 3.63) is 193 Å². The molecule has 0 atom stereocenters. The largest absolute Gasteiger partial charge is 0.456 e. The highest BCUT2D eigenvalue weighted by Gasteiger charge is 2.36. The van der Waals surface area contributed by atoms with Crippen LogP contribution < -0.4 is 4.90 Å². The third kappa shape index (κ3) is 4.48. The third-order valence-corrected chi connectivity index (χ3v) is 11.6. The van der Waals surface area contributed by atoms with Crippen LogP contribution in [-0.2, 0) is 5.41 Å². The molecule has 0 spiro atoms. The van der Waals surface area contributed by atoms with E-state index in [4.69, 9.17) is 4.42 Å². The standard InChI is InChI=1S/C51H36N2O/c1-51(2)44-20-10-6-17-38(44)39-28-25-36(32-45(39)51)52(35-26-29-48-43(31-35)40-18-8-12-22-47(40)53(48)34-14-4-3-5-15-34)46-21-11-7-16-37(46)33-24-27-42-41-19-9-13-23-49(41)54-50(42)30-33/h3-32H,1-2H3. The van der Waals surface area contributed by atoms with E-state index in [-0.39, 0.29) is 5.41 Å². The van der Waals surface area contributed by atoms with Crippen molar-refractivity contribution in [2.75, 3.05) is 4.90 Å². The van der Waals surface area contributed by atoms with Crippen LogP contribution in [0.4, 0.5) is 17.1 Å². The van der Waals surface area contributed by atoms with Gasteiger partial charge >= 0.3 is 0 Å².